The summed E-state index contributed by atoms with van der Waals surface area (Å²) in [6, 6.07) is 14.6. The van der Waals surface area contributed by atoms with Crippen LogP contribution in [0.1, 0.15) is 43.2 Å². The highest BCUT2D eigenvalue weighted by atomic mass is 35.5. The summed E-state index contributed by atoms with van der Waals surface area (Å²) in [6.07, 6.45) is 0.618. The lowest BCUT2D eigenvalue weighted by Crippen LogP contribution is -2.62. The van der Waals surface area contributed by atoms with E-state index < -0.39 is 0 Å². The number of benzene rings is 2. The lowest BCUT2D eigenvalue weighted by Gasteiger charge is -2.42. The van der Waals surface area contributed by atoms with E-state index >= 15 is 0 Å². The van der Waals surface area contributed by atoms with Gasteiger partial charge in [-0.15, -0.1) is 11.6 Å². The summed E-state index contributed by atoms with van der Waals surface area (Å²) in [4.78, 5) is 26.0. The number of alkyl halides is 1. The summed E-state index contributed by atoms with van der Waals surface area (Å²) in [5.41, 5.74) is 2.36. The quantitative estimate of drug-likeness (QED) is 0.325. The summed E-state index contributed by atoms with van der Waals surface area (Å²) in [7, 11) is 1.63. The number of fused-ring (bicyclic) bond motifs is 1. The van der Waals surface area contributed by atoms with Gasteiger partial charge in [0.05, 0.1) is 24.0 Å². The van der Waals surface area contributed by atoms with E-state index in [1.165, 1.54) is 6.92 Å². The molecule has 1 saturated heterocycles. The van der Waals surface area contributed by atoms with Crippen molar-refractivity contribution in [1.82, 2.24) is 14.8 Å². The number of aryl methyl sites for hydroxylation is 1. The van der Waals surface area contributed by atoms with Crippen LogP contribution < -0.4 is 10.1 Å². The zero-order valence-electron chi connectivity index (χ0n) is 22.0. The predicted molar refractivity (Wildman–Crippen MR) is 149 cm³/mol. The van der Waals surface area contributed by atoms with E-state index in [1.807, 2.05) is 38.1 Å². The Morgan fingerprint density at radius 3 is 2.43 bits per heavy atom. The minimum atomic E-state index is -0.253. The third-order valence-corrected chi connectivity index (χ3v) is 7.24. The maximum absolute atomic E-state index is 12.7. The van der Waals surface area contributed by atoms with Crippen LogP contribution in [0.15, 0.2) is 48.5 Å². The molecule has 1 aromatic heterocycles. The molecule has 2 aromatic carbocycles. The van der Waals surface area contributed by atoms with Gasteiger partial charge in [0.15, 0.2) is 6.23 Å². The third-order valence-electron chi connectivity index (χ3n) is 6.41. The van der Waals surface area contributed by atoms with Crippen LogP contribution in [0.3, 0.4) is 0 Å². The van der Waals surface area contributed by atoms with Crippen molar-refractivity contribution in [1.29, 1.82) is 0 Å². The molecule has 0 radical (unpaired) electrons. The minimum absolute atomic E-state index is 0.0151. The van der Waals surface area contributed by atoms with Gasteiger partial charge in [-0.3, -0.25) is 19.1 Å². The molecule has 3 aromatic rings. The van der Waals surface area contributed by atoms with E-state index in [2.05, 4.69) is 17.1 Å². The van der Waals surface area contributed by atoms with Gasteiger partial charge in [0, 0.05) is 41.7 Å². The minimum Gasteiger partial charge on any atom is -0.497 e. The topological polar surface area (TPSA) is 72.8 Å². The molecule has 2 heterocycles. The number of halogens is 2. The molecule has 3 unspecified atom stereocenters. The molecule has 1 aliphatic rings. The van der Waals surface area contributed by atoms with Crippen LogP contribution in [-0.2, 0) is 9.53 Å². The second kappa shape index (κ2) is 13.3. The maximum atomic E-state index is 12.7. The molecule has 0 amide bonds. The van der Waals surface area contributed by atoms with E-state index in [9.17, 15) is 9.59 Å². The number of esters is 1. The summed E-state index contributed by atoms with van der Waals surface area (Å²) in [5.74, 6) is 0.458. The van der Waals surface area contributed by atoms with Crippen LogP contribution in [0, 0.1) is 6.92 Å². The number of carbonyl (C=O) groups is 2. The molecular formula is C28H35Cl2N3O4. The predicted octanol–water partition coefficient (Wildman–Crippen LogP) is 5.49. The monoisotopic (exact) mass is 547 g/mol. The van der Waals surface area contributed by atoms with Crippen LogP contribution >= 0.6 is 23.2 Å². The average molecular weight is 549 g/mol. The fourth-order valence-corrected chi connectivity index (χ4v) is 4.84. The summed E-state index contributed by atoms with van der Waals surface area (Å²) in [6.45, 7) is 10.1. The van der Waals surface area contributed by atoms with Gasteiger partial charge in [-0.2, -0.15) is 0 Å². The zero-order chi connectivity index (χ0) is 27.1. The number of nitrogens with zero attached hydrogens (tertiary/aromatic N) is 2. The van der Waals surface area contributed by atoms with Gasteiger partial charge in [-0.1, -0.05) is 25.4 Å². The van der Waals surface area contributed by atoms with Gasteiger partial charge < -0.3 is 14.8 Å². The largest absolute Gasteiger partial charge is 0.497 e. The van der Waals surface area contributed by atoms with Gasteiger partial charge in [0.25, 0.3) is 5.91 Å². The first-order valence-electron chi connectivity index (χ1n) is 12.4. The second-order valence-electron chi connectivity index (χ2n) is 8.89. The summed E-state index contributed by atoms with van der Waals surface area (Å²) < 4.78 is 12.3. The maximum Gasteiger partial charge on any atom is 0.304 e. The molecule has 4 rings (SSSR count). The molecule has 3 atom stereocenters. The Bertz CT molecular complexity index is 1210. The van der Waals surface area contributed by atoms with E-state index in [0.29, 0.717) is 10.6 Å². The van der Waals surface area contributed by atoms with Gasteiger partial charge in [-0.25, -0.2) is 0 Å². The summed E-state index contributed by atoms with van der Waals surface area (Å²) in [5, 5.41) is 4.92. The zero-order valence-corrected chi connectivity index (χ0v) is 23.5. The van der Waals surface area contributed by atoms with Crippen molar-refractivity contribution < 1.29 is 19.1 Å². The van der Waals surface area contributed by atoms with Crippen LogP contribution in [0.25, 0.3) is 10.9 Å². The Morgan fingerprint density at radius 1 is 1.14 bits per heavy atom. The molecule has 1 N–H and O–H groups in total. The Labute approximate surface area is 228 Å². The van der Waals surface area contributed by atoms with Crippen molar-refractivity contribution >= 4 is 46.0 Å². The summed E-state index contributed by atoms with van der Waals surface area (Å²) >= 11 is 12.1. The Kier molecular flexibility index (Phi) is 10.4. The van der Waals surface area contributed by atoms with Gasteiger partial charge in [0.1, 0.15) is 5.75 Å². The van der Waals surface area contributed by atoms with E-state index in [-0.39, 0.29) is 29.5 Å². The molecule has 1 fully saturated rings. The molecule has 37 heavy (non-hydrogen) atoms. The van der Waals surface area contributed by atoms with Crippen LogP contribution in [0.5, 0.6) is 5.75 Å². The van der Waals surface area contributed by atoms with Crippen LogP contribution in [0.2, 0.25) is 5.02 Å². The lowest BCUT2D eigenvalue weighted by molar-refractivity contribution is -0.162. The molecule has 9 heteroatoms. The van der Waals surface area contributed by atoms with Gasteiger partial charge >= 0.3 is 5.97 Å². The molecule has 7 nitrogen and oxygen atoms in total. The van der Waals surface area contributed by atoms with E-state index in [4.69, 9.17) is 32.7 Å². The highest BCUT2D eigenvalue weighted by molar-refractivity contribution is 6.30. The first-order valence-corrected chi connectivity index (χ1v) is 13.3. The third kappa shape index (κ3) is 7.05. The standard InChI is InChI=1S/C17H14ClNO2.C11H21ClN2O2/c1-11-9-13-10-15(21-2)7-8-16(13)19(11)17(20)12-3-5-14(18)6-4-12;1-4-9(12)10-11(16-8(3)15)14(5-2)7-6-13-10/h3-10H,1-2H3;9-11,13H,4-7H2,1-3H3. The lowest BCUT2D eigenvalue weighted by atomic mass is 10.1. The van der Waals surface area contributed by atoms with Crippen LogP contribution in [0.4, 0.5) is 0 Å². The first kappa shape index (κ1) is 29.0. The molecule has 1 aliphatic heterocycles. The van der Waals surface area contributed by atoms with Crippen molar-refractivity contribution in [2.45, 2.75) is 51.8 Å². The number of aromatic nitrogens is 1. The number of rotatable bonds is 6. The Balaban J connectivity index is 0.000000214. The SMILES string of the molecule is CCC(Cl)C1NCCN(CC)C1OC(C)=O.COc1ccc2c(c1)cc(C)n2C(=O)c1ccc(Cl)cc1. The average Bonchev–Trinajstić information content (AvgIpc) is 3.23. The van der Waals surface area contributed by atoms with Crippen molar-refractivity contribution in [2.24, 2.45) is 0 Å². The van der Waals surface area contributed by atoms with Crippen molar-refractivity contribution in [3.63, 3.8) is 0 Å². The Morgan fingerprint density at radius 2 is 1.84 bits per heavy atom. The van der Waals surface area contributed by atoms with Crippen molar-refractivity contribution in [3.8, 4) is 5.75 Å². The molecule has 200 valence electrons. The second-order valence-corrected chi connectivity index (χ2v) is 9.89. The fourth-order valence-electron chi connectivity index (χ4n) is 4.50. The van der Waals surface area contributed by atoms with Crippen LogP contribution in [-0.4, -0.2) is 65.7 Å². The van der Waals surface area contributed by atoms with E-state index in [1.54, 1.807) is 35.9 Å². The number of likely N-dealkylation sites (N-methyl/N-ethyl adjacent to an activating group) is 1. The number of hydrogen-bond acceptors (Lipinski definition) is 6. The normalized spacial score (nSPS) is 18.6. The molecule has 0 aliphatic carbocycles. The van der Waals surface area contributed by atoms with Gasteiger partial charge in [0.2, 0.25) is 0 Å². The highest BCUT2D eigenvalue weighted by Crippen LogP contribution is 2.25. The number of hydrogen-bond donors (Lipinski definition) is 1. The van der Waals surface area contributed by atoms with E-state index in [0.717, 1.165) is 48.4 Å². The molecule has 0 spiro atoms. The highest BCUT2D eigenvalue weighted by Gasteiger charge is 2.36. The van der Waals surface area contributed by atoms with Crippen molar-refractivity contribution in [3.05, 3.63) is 64.8 Å². The van der Waals surface area contributed by atoms with Crippen molar-refractivity contribution in [2.75, 3.05) is 26.7 Å². The number of nitrogens with one attached hydrogen (secondary N) is 1. The number of methoxy groups -OCH3 is 1. The molecule has 0 bridgehead atoms. The number of piperazine rings is 1. The molecule has 0 saturated carbocycles. The Hall–Kier alpha value is -2.58. The number of ether oxygens (including phenoxy) is 2. The first-order chi connectivity index (χ1) is 17.7. The molecular weight excluding hydrogens is 513 g/mol. The smallest absolute Gasteiger partial charge is 0.304 e. The van der Waals surface area contributed by atoms with Gasteiger partial charge in [-0.05, 0) is 68.4 Å². The fraction of sp³-hybridized carbons (Fsp3) is 0.429. The number of carbonyl (C=O) groups excluding carboxylic acids is 2.